The quantitative estimate of drug-likeness (QED) is 0.755. The zero-order chi connectivity index (χ0) is 14.8. The molecule has 0 saturated carbocycles. The van der Waals surface area contributed by atoms with Gasteiger partial charge in [0.15, 0.2) is 0 Å². The lowest BCUT2D eigenvalue weighted by Crippen LogP contribution is -2.14. The molecule has 0 spiro atoms. The highest BCUT2D eigenvalue weighted by Gasteiger charge is 2.18. The first kappa shape index (κ1) is 13.4. The Bertz CT molecular complexity index is 734. The minimum absolute atomic E-state index is 0.377. The van der Waals surface area contributed by atoms with Crippen LogP contribution in [0.1, 0.15) is 28.8 Å². The van der Waals surface area contributed by atoms with Crippen LogP contribution >= 0.6 is 0 Å². The lowest BCUT2D eigenvalue weighted by atomic mass is 10.1. The smallest absolute Gasteiger partial charge is 0.244 e. The van der Waals surface area contributed by atoms with Crippen molar-refractivity contribution in [3.05, 3.63) is 47.5 Å². The highest BCUT2D eigenvalue weighted by atomic mass is 16.5. The number of H-pyrrole nitrogens is 1. The van der Waals surface area contributed by atoms with Crippen molar-refractivity contribution >= 4 is 0 Å². The number of hydrogen-bond acceptors (Lipinski definition) is 6. The van der Waals surface area contributed by atoms with E-state index in [4.69, 9.17) is 10.3 Å². The fraction of sp³-hybridized carbons (Fsp3) is 0.286. The molecule has 3 N–H and O–H groups in total. The van der Waals surface area contributed by atoms with E-state index in [0.717, 1.165) is 16.8 Å². The van der Waals surface area contributed by atoms with E-state index in [1.807, 2.05) is 19.9 Å². The van der Waals surface area contributed by atoms with Gasteiger partial charge in [0.05, 0.1) is 12.4 Å². The number of imidazole rings is 1. The lowest BCUT2D eigenvalue weighted by molar-refractivity contribution is 0.353. The molecule has 7 nitrogen and oxygen atoms in total. The number of nitrogens with two attached hydrogens (primary N) is 1. The summed E-state index contributed by atoms with van der Waals surface area (Å²) in [4.78, 5) is 15.7. The SMILES string of the molecule is Cc1cnc(-c2noc([C@H](N)Cc3cnc[nH]3)n2)c(C)c1. The van der Waals surface area contributed by atoms with E-state index >= 15 is 0 Å². The number of aromatic nitrogens is 5. The maximum Gasteiger partial charge on any atom is 0.244 e. The summed E-state index contributed by atoms with van der Waals surface area (Å²) in [6.07, 6.45) is 5.68. The van der Waals surface area contributed by atoms with Crippen molar-refractivity contribution in [2.24, 2.45) is 5.73 Å². The van der Waals surface area contributed by atoms with E-state index < -0.39 is 0 Å². The number of hydrogen-bond donors (Lipinski definition) is 2. The Balaban J connectivity index is 1.82. The molecule has 0 aromatic carbocycles. The number of pyridine rings is 1. The van der Waals surface area contributed by atoms with E-state index in [1.54, 1.807) is 18.7 Å². The molecule has 21 heavy (non-hydrogen) atoms. The van der Waals surface area contributed by atoms with Crippen molar-refractivity contribution < 1.29 is 4.52 Å². The van der Waals surface area contributed by atoms with E-state index in [0.29, 0.717) is 23.8 Å². The third-order valence-corrected chi connectivity index (χ3v) is 3.18. The van der Waals surface area contributed by atoms with Gasteiger partial charge in [-0.25, -0.2) is 4.98 Å². The molecule has 0 aliphatic heterocycles. The predicted molar refractivity (Wildman–Crippen MR) is 76.2 cm³/mol. The summed E-state index contributed by atoms with van der Waals surface area (Å²) in [7, 11) is 0. The van der Waals surface area contributed by atoms with E-state index in [9.17, 15) is 0 Å². The van der Waals surface area contributed by atoms with Gasteiger partial charge in [-0.2, -0.15) is 4.98 Å². The number of nitrogens with one attached hydrogen (secondary N) is 1. The van der Waals surface area contributed by atoms with Gasteiger partial charge in [-0.3, -0.25) is 4.98 Å². The van der Waals surface area contributed by atoms with Crippen molar-refractivity contribution in [3.63, 3.8) is 0 Å². The fourth-order valence-electron chi connectivity index (χ4n) is 2.15. The average Bonchev–Trinajstić information content (AvgIpc) is 3.09. The third-order valence-electron chi connectivity index (χ3n) is 3.18. The number of aromatic amines is 1. The molecule has 3 aromatic heterocycles. The molecule has 108 valence electrons. The van der Waals surface area contributed by atoms with Crippen molar-refractivity contribution in [1.82, 2.24) is 25.1 Å². The largest absolute Gasteiger partial charge is 0.348 e. The first-order chi connectivity index (χ1) is 10.1. The monoisotopic (exact) mass is 284 g/mol. The van der Waals surface area contributed by atoms with Gasteiger partial charge in [-0.15, -0.1) is 0 Å². The van der Waals surface area contributed by atoms with Crippen LogP contribution in [-0.4, -0.2) is 25.1 Å². The van der Waals surface area contributed by atoms with Crippen LogP contribution in [0.5, 0.6) is 0 Å². The van der Waals surface area contributed by atoms with E-state index in [1.165, 1.54) is 0 Å². The van der Waals surface area contributed by atoms with E-state index in [-0.39, 0.29) is 6.04 Å². The van der Waals surface area contributed by atoms with Gasteiger partial charge in [-0.05, 0) is 25.0 Å². The molecule has 0 amide bonds. The van der Waals surface area contributed by atoms with E-state index in [2.05, 4.69) is 25.1 Å². The predicted octanol–water partition coefficient (Wildman–Crippen LogP) is 1.71. The zero-order valence-corrected chi connectivity index (χ0v) is 11.9. The normalized spacial score (nSPS) is 12.5. The minimum atomic E-state index is -0.377. The molecule has 0 aliphatic carbocycles. The topological polar surface area (TPSA) is 107 Å². The van der Waals surface area contributed by atoms with Gasteiger partial charge in [0.25, 0.3) is 0 Å². The van der Waals surface area contributed by atoms with Crippen LogP contribution < -0.4 is 5.73 Å². The Morgan fingerprint density at radius 3 is 2.90 bits per heavy atom. The Hall–Kier alpha value is -2.54. The first-order valence-corrected chi connectivity index (χ1v) is 6.63. The maximum absolute atomic E-state index is 6.08. The highest BCUT2D eigenvalue weighted by Crippen LogP contribution is 2.21. The van der Waals surface area contributed by atoms with Crippen LogP contribution in [-0.2, 0) is 6.42 Å². The van der Waals surface area contributed by atoms with Gasteiger partial charge < -0.3 is 15.2 Å². The number of aryl methyl sites for hydroxylation is 2. The Labute approximate surface area is 121 Å². The molecular weight excluding hydrogens is 268 g/mol. The summed E-state index contributed by atoms with van der Waals surface area (Å²) in [5.41, 5.74) is 9.81. The maximum atomic E-state index is 6.08. The summed E-state index contributed by atoms with van der Waals surface area (Å²) in [5, 5.41) is 3.97. The minimum Gasteiger partial charge on any atom is -0.348 e. The molecule has 0 fully saturated rings. The van der Waals surface area contributed by atoms with Crippen LogP contribution in [0.2, 0.25) is 0 Å². The second-order valence-corrected chi connectivity index (χ2v) is 5.02. The lowest BCUT2D eigenvalue weighted by Gasteiger charge is -2.03. The fourth-order valence-corrected chi connectivity index (χ4v) is 2.15. The molecule has 0 bridgehead atoms. The molecule has 0 aliphatic rings. The molecule has 0 radical (unpaired) electrons. The summed E-state index contributed by atoms with van der Waals surface area (Å²) >= 11 is 0. The van der Waals surface area contributed by atoms with Gasteiger partial charge in [0, 0.05) is 24.5 Å². The molecule has 7 heteroatoms. The standard InChI is InChI=1S/C14H16N6O/c1-8-3-9(2)12(17-5-8)13-19-14(21-20-13)11(15)4-10-6-16-7-18-10/h3,5-7,11H,4,15H2,1-2H3,(H,16,18)/t11-/m1/s1. The highest BCUT2D eigenvalue weighted by molar-refractivity contribution is 5.54. The number of nitrogens with zero attached hydrogens (tertiary/aromatic N) is 4. The van der Waals surface area contributed by atoms with Crippen LogP contribution in [0.15, 0.2) is 29.3 Å². The molecule has 0 saturated heterocycles. The van der Waals surface area contributed by atoms with Gasteiger partial charge in [0.2, 0.25) is 11.7 Å². The van der Waals surface area contributed by atoms with Crippen LogP contribution in [0.3, 0.4) is 0 Å². The summed E-state index contributed by atoms with van der Waals surface area (Å²) in [6, 6.07) is 1.65. The second-order valence-electron chi connectivity index (χ2n) is 5.02. The van der Waals surface area contributed by atoms with Gasteiger partial charge >= 0.3 is 0 Å². The molecule has 1 atom stereocenters. The molecule has 3 aromatic rings. The average molecular weight is 284 g/mol. The van der Waals surface area contributed by atoms with Crippen molar-refractivity contribution in [2.45, 2.75) is 26.3 Å². The Kier molecular flexibility index (Phi) is 3.49. The van der Waals surface area contributed by atoms with Crippen LogP contribution in [0, 0.1) is 13.8 Å². The number of rotatable bonds is 4. The Morgan fingerprint density at radius 1 is 1.33 bits per heavy atom. The molecule has 3 rings (SSSR count). The van der Waals surface area contributed by atoms with Crippen LogP contribution in [0.4, 0.5) is 0 Å². The van der Waals surface area contributed by atoms with Gasteiger partial charge in [0.1, 0.15) is 5.69 Å². The van der Waals surface area contributed by atoms with Crippen molar-refractivity contribution in [2.75, 3.05) is 0 Å². The third kappa shape index (κ3) is 2.82. The first-order valence-electron chi connectivity index (χ1n) is 6.63. The Morgan fingerprint density at radius 2 is 2.19 bits per heavy atom. The molecule has 3 heterocycles. The second kappa shape index (κ2) is 5.45. The summed E-state index contributed by atoms with van der Waals surface area (Å²) < 4.78 is 5.25. The van der Waals surface area contributed by atoms with Crippen LogP contribution in [0.25, 0.3) is 11.5 Å². The molecular formula is C14H16N6O. The van der Waals surface area contributed by atoms with Crippen molar-refractivity contribution in [3.8, 4) is 11.5 Å². The van der Waals surface area contributed by atoms with Gasteiger partial charge in [-0.1, -0.05) is 11.2 Å². The molecule has 0 unspecified atom stereocenters. The van der Waals surface area contributed by atoms with Crippen molar-refractivity contribution in [1.29, 1.82) is 0 Å². The summed E-state index contributed by atoms with van der Waals surface area (Å²) in [6.45, 7) is 3.96. The summed E-state index contributed by atoms with van der Waals surface area (Å²) in [5.74, 6) is 0.851. The zero-order valence-electron chi connectivity index (χ0n) is 11.9.